The molecule has 2 aromatic heterocycles. The molecule has 0 amide bonds. The van der Waals surface area contributed by atoms with E-state index in [-0.39, 0.29) is 0 Å². The van der Waals surface area contributed by atoms with Gasteiger partial charge in [0.1, 0.15) is 0 Å². The number of ether oxygens (including phenoxy) is 1. The van der Waals surface area contributed by atoms with Crippen LogP contribution in [0.3, 0.4) is 0 Å². The maximum Gasteiger partial charge on any atom is 0.363 e. The molecule has 0 atom stereocenters. The molecule has 0 spiro atoms. The molecule has 2 heterocycles. The van der Waals surface area contributed by atoms with E-state index in [0.717, 1.165) is 15.4 Å². The molecule has 0 radical (unpaired) electrons. The first kappa shape index (κ1) is 12.9. The van der Waals surface area contributed by atoms with Gasteiger partial charge in [0.05, 0.1) is 7.11 Å². The summed E-state index contributed by atoms with van der Waals surface area (Å²) >= 11 is 3.48. The average Bonchev–Trinajstić information content (AvgIpc) is 2.47. The van der Waals surface area contributed by atoms with Crippen LogP contribution in [0.5, 0.6) is 5.75 Å². The zero-order valence-electron chi connectivity index (χ0n) is 10.6. The van der Waals surface area contributed by atoms with Crippen molar-refractivity contribution in [2.45, 2.75) is 0 Å². The van der Waals surface area contributed by atoms with E-state index in [1.54, 1.807) is 24.4 Å². The molecule has 0 aliphatic heterocycles. The maximum absolute atomic E-state index is 12.0. The molecule has 0 saturated carbocycles. The van der Waals surface area contributed by atoms with Crippen LogP contribution in [0.15, 0.2) is 44.7 Å². The van der Waals surface area contributed by atoms with Crippen molar-refractivity contribution in [3.05, 3.63) is 51.4 Å². The van der Waals surface area contributed by atoms with Crippen LogP contribution in [0.1, 0.15) is 5.56 Å². The molecule has 0 fully saturated rings. The highest BCUT2D eigenvalue weighted by Gasteiger charge is 2.17. The minimum atomic E-state index is -0.483. The van der Waals surface area contributed by atoms with E-state index in [0.29, 0.717) is 22.2 Å². The lowest BCUT2D eigenvalue weighted by molar-refractivity contribution is 0.407. The first-order valence-electron chi connectivity index (χ1n) is 5.88. The van der Waals surface area contributed by atoms with Crippen molar-refractivity contribution in [1.82, 2.24) is 4.98 Å². The molecule has 1 aromatic carbocycles. The predicted molar refractivity (Wildman–Crippen MR) is 82.1 cm³/mol. The number of fused-ring (bicyclic) bond motifs is 3. The van der Waals surface area contributed by atoms with Crippen molar-refractivity contribution in [1.29, 1.82) is 0 Å². The Balaban J connectivity index is 2.71. The molecule has 4 nitrogen and oxygen atoms in total. The molecule has 100 valence electrons. The first-order chi connectivity index (χ1) is 9.67. The van der Waals surface area contributed by atoms with Crippen molar-refractivity contribution in [2.75, 3.05) is 7.11 Å². The minimum absolute atomic E-state index is 0.295. The van der Waals surface area contributed by atoms with Crippen LogP contribution in [-0.4, -0.2) is 12.1 Å². The van der Waals surface area contributed by atoms with Gasteiger partial charge in [0.2, 0.25) is 0 Å². The summed E-state index contributed by atoms with van der Waals surface area (Å²) in [6.07, 6.45) is 3.27. The lowest BCUT2D eigenvalue weighted by Gasteiger charge is -2.11. The van der Waals surface area contributed by atoms with Crippen LogP contribution >= 0.6 is 15.9 Å². The quantitative estimate of drug-likeness (QED) is 0.530. The van der Waals surface area contributed by atoms with Gasteiger partial charge in [0, 0.05) is 21.4 Å². The van der Waals surface area contributed by atoms with E-state index >= 15 is 0 Å². The summed E-state index contributed by atoms with van der Waals surface area (Å²) in [5, 5.41) is 1.47. The number of rotatable bonds is 2. The highest BCUT2D eigenvalue weighted by atomic mass is 79.9. The molecule has 0 saturated heterocycles. The van der Waals surface area contributed by atoms with E-state index < -0.39 is 5.63 Å². The summed E-state index contributed by atoms with van der Waals surface area (Å²) in [4.78, 5) is 16.1. The standard InChI is InChI=1S/C15H10BrNO3/c1-3-8-10(16)7-11(19-2)14-12(8)9-5-4-6-17-13(9)15(18)20-14/h3-7H,1H2,2H3. The molecule has 5 heteroatoms. The van der Waals surface area contributed by atoms with Crippen molar-refractivity contribution < 1.29 is 9.15 Å². The Morgan fingerprint density at radius 3 is 3.00 bits per heavy atom. The molecular weight excluding hydrogens is 322 g/mol. The van der Waals surface area contributed by atoms with Crippen LogP contribution in [0.4, 0.5) is 0 Å². The Morgan fingerprint density at radius 2 is 2.30 bits per heavy atom. The van der Waals surface area contributed by atoms with Gasteiger partial charge >= 0.3 is 5.63 Å². The Bertz CT molecular complexity index is 899. The summed E-state index contributed by atoms with van der Waals surface area (Å²) in [6, 6.07) is 5.37. The molecule has 3 rings (SSSR count). The third-order valence-corrected chi connectivity index (χ3v) is 3.78. The third kappa shape index (κ3) is 1.74. The molecular formula is C15H10BrNO3. The van der Waals surface area contributed by atoms with Crippen molar-refractivity contribution >= 4 is 43.9 Å². The fourth-order valence-corrected chi connectivity index (χ4v) is 2.82. The second kappa shape index (κ2) is 4.76. The van der Waals surface area contributed by atoms with Crippen molar-refractivity contribution in [2.24, 2.45) is 0 Å². The number of nitrogens with zero attached hydrogens (tertiary/aromatic N) is 1. The van der Waals surface area contributed by atoms with E-state index in [9.17, 15) is 4.79 Å². The van der Waals surface area contributed by atoms with Crippen LogP contribution in [0, 0.1) is 0 Å². The van der Waals surface area contributed by atoms with Crippen molar-refractivity contribution in [3.63, 3.8) is 0 Å². The number of hydrogen-bond donors (Lipinski definition) is 0. The van der Waals surface area contributed by atoms with E-state index in [2.05, 4.69) is 27.5 Å². The van der Waals surface area contributed by atoms with Crippen LogP contribution in [0.25, 0.3) is 27.9 Å². The average molecular weight is 332 g/mol. The Labute approximate surface area is 122 Å². The van der Waals surface area contributed by atoms with Gasteiger partial charge in [0.25, 0.3) is 0 Å². The molecule has 0 aliphatic rings. The van der Waals surface area contributed by atoms with E-state index in [4.69, 9.17) is 9.15 Å². The Morgan fingerprint density at radius 1 is 1.50 bits per heavy atom. The minimum Gasteiger partial charge on any atom is -0.493 e. The summed E-state index contributed by atoms with van der Waals surface area (Å²) in [7, 11) is 1.53. The highest BCUT2D eigenvalue weighted by Crippen LogP contribution is 2.37. The van der Waals surface area contributed by atoms with Gasteiger partial charge in [-0.25, -0.2) is 9.78 Å². The van der Waals surface area contributed by atoms with Crippen LogP contribution < -0.4 is 10.4 Å². The van der Waals surface area contributed by atoms with Gasteiger partial charge in [-0.1, -0.05) is 34.7 Å². The number of pyridine rings is 1. The molecule has 0 N–H and O–H groups in total. The largest absolute Gasteiger partial charge is 0.493 e. The van der Waals surface area contributed by atoms with E-state index in [1.807, 2.05) is 6.07 Å². The van der Waals surface area contributed by atoms with Gasteiger partial charge in [-0.3, -0.25) is 0 Å². The zero-order chi connectivity index (χ0) is 14.3. The topological polar surface area (TPSA) is 52.3 Å². The fourth-order valence-electron chi connectivity index (χ4n) is 2.25. The van der Waals surface area contributed by atoms with Gasteiger partial charge in [-0.2, -0.15) is 0 Å². The highest BCUT2D eigenvalue weighted by molar-refractivity contribution is 9.10. The number of benzene rings is 1. The van der Waals surface area contributed by atoms with Crippen LogP contribution in [-0.2, 0) is 0 Å². The first-order valence-corrected chi connectivity index (χ1v) is 6.67. The lowest BCUT2D eigenvalue weighted by atomic mass is 10.0. The summed E-state index contributed by atoms with van der Waals surface area (Å²) in [5.74, 6) is 0.486. The normalized spacial score (nSPS) is 10.9. The maximum atomic E-state index is 12.0. The lowest BCUT2D eigenvalue weighted by Crippen LogP contribution is -2.03. The van der Waals surface area contributed by atoms with Crippen LogP contribution in [0.2, 0.25) is 0 Å². The molecule has 3 aromatic rings. The summed E-state index contributed by atoms with van der Waals surface area (Å²) < 4.78 is 11.5. The SMILES string of the molecule is C=Cc1c(Br)cc(OC)c2oc(=O)c3ncccc3c12. The Hall–Kier alpha value is -2.14. The second-order valence-electron chi connectivity index (χ2n) is 4.17. The second-order valence-corrected chi connectivity index (χ2v) is 5.03. The summed E-state index contributed by atoms with van der Waals surface area (Å²) in [5.41, 5.74) is 1.05. The third-order valence-electron chi connectivity index (χ3n) is 3.12. The Kier molecular flexibility index (Phi) is 3.06. The van der Waals surface area contributed by atoms with Gasteiger partial charge in [-0.05, 0) is 17.7 Å². The monoisotopic (exact) mass is 331 g/mol. The smallest absolute Gasteiger partial charge is 0.363 e. The molecule has 0 unspecified atom stereocenters. The number of hydrogen-bond acceptors (Lipinski definition) is 4. The van der Waals surface area contributed by atoms with Gasteiger partial charge < -0.3 is 9.15 Å². The molecule has 0 bridgehead atoms. The van der Waals surface area contributed by atoms with Crippen molar-refractivity contribution in [3.8, 4) is 5.75 Å². The predicted octanol–water partition coefficient (Wildman–Crippen LogP) is 3.76. The number of methoxy groups -OCH3 is 1. The molecule has 20 heavy (non-hydrogen) atoms. The zero-order valence-corrected chi connectivity index (χ0v) is 12.2. The summed E-state index contributed by atoms with van der Waals surface area (Å²) in [6.45, 7) is 3.82. The van der Waals surface area contributed by atoms with E-state index in [1.165, 1.54) is 7.11 Å². The van der Waals surface area contributed by atoms with Gasteiger partial charge in [-0.15, -0.1) is 0 Å². The number of halogens is 1. The number of aromatic nitrogens is 1. The molecule has 0 aliphatic carbocycles. The fraction of sp³-hybridized carbons (Fsp3) is 0.0667. The van der Waals surface area contributed by atoms with Gasteiger partial charge in [0.15, 0.2) is 16.8 Å².